The van der Waals surface area contributed by atoms with Crippen molar-refractivity contribution < 1.29 is 4.79 Å². The van der Waals surface area contributed by atoms with Gasteiger partial charge in [0.15, 0.2) is 0 Å². The minimum Gasteiger partial charge on any atom is -0.385 e. The van der Waals surface area contributed by atoms with Crippen LogP contribution in [0.4, 0.5) is 11.4 Å². The van der Waals surface area contributed by atoms with Crippen LogP contribution in [-0.4, -0.2) is 24.5 Å². The number of hydrogen-bond acceptors (Lipinski definition) is 3. The molecule has 1 aliphatic rings. The summed E-state index contributed by atoms with van der Waals surface area (Å²) >= 11 is 1.89. The molecule has 0 radical (unpaired) electrons. The van der Waals surface area contributed by atoms with Crippen molar-refractivity contribution in [1.29, 1.82) is 0 Å². The zero-order valence-corrected chi connectivity index (χ0v) is 12.3. The molecule has 104 valence electrons. The van der Waals surface area contributed by atoms with Crippen LogP contribution in [-0.2, 0) is 4.79 Å². The summed E-state index contributed by atoms with van der Waals surface area (Å²) in [5, 5.41) is 6.34. The van der Waals surface area contributed by atoms with E-state index in [2.05, 4.69) is 16.9 Å². The van der Waals surface area contributed by atoms with E-state index < -0.39 is 0 Å². The third-order valence-corrected chi connectivity index (χ3v) is 3.90. The van der Waals surface area contributed by atoms with E-state index in [-0.39, 0.29) is 11.8 Å². The van der Waals surface area contributed by atoms with Crippen LogP contribution in [0.25, 0.3) is 0 Å². The number of anilines is 2. The highest BCUT2D eigenvalue weighted by Crippen LogP contribution is 2.30. The zero-order valence-electron chi connectivity index (χ0n) is 11.4. The first kappa shape index (κ1) is 14.3. The molecule has 1 aliphatic carbocycles. The summed E-state index contributed by atoms with van der Waals surface area (Å²) in [4.78, 5) is 11.6. The molecule has 0 atom stereocenters. The molecule has 19 heavy (non-hydrogen) atoms. The van der Waals surface area contributed by atoms with Gasteiger partial charge in [0.1, 0.15) is 0 Å². The number of thioether (sulfide) groups is 1. The van der Waals surface area contributed by atoms with E-state index in [1.165, 1.54) is 18.6 Å². The fourth-order valence-electron chi connectivity index (χ4n) is 1.87. The predicted molar refractivity (Wildman–Crippen MR) is 83.9 cm³/mol. The van der Waals surface area contributed by atoms with E-state index in [1.807, 2.05) is 36.0 Å². The number of unbranched alkanes of at least 4 members (excludes halogenated alkanes) is 1. The van der Waals surface area contributed by atoms with Crippen molar-refractivity contribution in [2.45, 2.75) is 25.7 Å². The molecule has 0 saturated heterocycles. The van der Waals surface area contributed by atoms with Gasteiger partial charge in [-0.2, -0.15) is 11.8 Å². The topological polar surface area (TPSA) is 41.1 Å². The first-order chi connectivity index (χ1) is 9.29. The quantitative estimate of drug-likeness (QED) is 0.714. The Hall–Kier alpha value is -1.16. The van der Waals surface area contributed by atoms with Crippen molar-refractivity contribution in [2.24, 2.45) is 5.92 Å². The fourth-order valence-corrected chi connectivity index (χ4v) is 2.36. The Labute approximate surface area is 119 Å². The van der Waals surface area contributed by atoms with E-state index in [0.29, 0.717) is 0 Å². The van der Waals surface area contributed by atoms with Gasteiger partial charge in [-0.15, -0.1) is 0 Å². The van der Waals surface area contributed by atoms with Crippen LogP contribution in [0.1, 0.15) is 25.7 Å². The molecule has 4 heteroatoms. The number of rotatable bonds is 8. The summed E-state index contributed by atoms with van der Waals surface area (Å²) in [6, 6.07) is 7.98. The monoisotopic (exact) mass is 278 g/mol. The maximum Gasteiger partial charge on any atom is 0.227 e. The van der Waals surface area contributed by atoms with Gasteiger partial charge < -0.3 is 10.6 Å². The highest BCUT2D eigenvalue weighted by atomic mass is 32.2. The lowest BCUT2D eigenvalue weighted by molar-refractivity contribution is -0.117. The van der Waals surface area contributed by atoms with E-state index in [0.717, 1.165) is 30.8 Å². The molecule has 0 unspecified atom stereocenters. The van der Waals surface area contributed by atoms with Gasteiger partial charge in [0.25, 0.3) is 0 Å². The first-order valence-corrected chi connectivity index (χ1v) is 8.32. The average molecular weight is 278 g/mol. The molecule has 0 bridgehead atoms. The number of amides is 1. The Bertz CT molecular complexity index is 401. The minimum absolute atomic E-state index is 0.165. The van der Waals surface area contributed by atoms with Crippen molar-refractivity contribution in [3.63, 3.8) is 0 Å². The molecule has 0 heterocycles. The number of carbonyl (C=O) groups is 1. The normalized spacial score (nSPS) is 14.2. The van der Waals surface area contributed by atoms with Gasteiger partial charge in [0.05, 0.1) is 0 Å². The van der Waals surface area contributed by atoms with E-state index in [1.54, 1.807) is 0 Å². The fraction of sp³-hybridized carbons (Fsp3) is 0.533. The highest BCUT2D eigenvalue weighted by molar-refractivity contribution is 7.98. The van der Waals surface area contributed by atoms with Gasteiger partial charge >= 0.3 is 0 Å². The lowest BCUT2D eigenvalue weighted by Gasteiger charge is -2.08. The van der Waals surface area contributed by atoms with Crippen molar-refractivity contribution >= 4 is 29.0 Å². The second kappa shape index (κ2) is 7.43. The molecule has 2 rings (SSSR count). The molecule has 0 aliphatic heterocycles. The van der Waals surface area contributed by atoms with Crippen LogP contribution in [0.2, 0.25) is 0 Å². The van der Waals surface area contributed by atoms with Gasteiger partial charge in [-0.1, -0.05) is 0 Å². The van der Waals surface area contributed by atoms with E-state index in [4.69, 9.17) is 0 Å². The Morgan fingerprint density at radius 2 is 1.89 bits per heavy atom. The molecule has 1 amide bonds. The lowest BCUT2D eigenvalue weighted by atomic mass is 10.2. The van der Waals surface area contributed by atoms with E-state index in [9.17, 15) is 4.79 Å². The summed E-state index contributed by atoms with van der Waals surface area (Å²) in [6.45, 7) is 1.01. The van der Waals surface area contributed by atoms with Crippen LogP contribution >= 0.6 is 11.8 Å². The van der Waals surface area contributed by atoms with Crippen molar-refractivity contribution in [3.05, 3.63) is 24.3 Å². The Morgan fingerprint density at radius 1 is 1.21 bits per heavy atom. The van der Waals surface area contributed by atoms with Crippen LogP contribution in [0.3, 0.4) is 0 Å². The third kappa shape index (κ3) is 5.15. The maximum absolute atomic E-state index is 11.6. The van der Waals surface area contributed by atoms with Gasteiger partial charge in [-0.25, -0.2) is 0 Å². The average Bonchev–Trinajstić information content (AvgIpc) is 3.25. The number of nitrogens with one attached hydrogen (secondary N) is 2. The molecule has 2 N–H and O–H groups in total. The predicted octanol–water partition coefficient (Wildman–Crippen LogP) is 3.59. The summed E-state index contributed by atoms with van der Waals surface area (Å²) in [6.07, 6.45) is 6.68. The summed E-state index contributed by atoms with van der Waals surface area (Å²) in [5.41, 5.74) is 2.01. The molecule has 1 saturated carbocycles. The summed E-state index contributed by atoms with van der Waals surface area (Å²) in [5.74, 6) is 1.65. The van der Waals surface area contributed by atoms with Gasteiger partial charge in [0, 0.05) is 23.8 Å². The molecule has 0 aromatic heterocycles. The Balaban J connectivity index is 1.70. The summed E-state index contributed by atoms with van der Waals surface area (Å²) in [7, 11) is 0. The van der Waals surface area contributed by atoms with Crippen molar-refractivity contribution in [2.75, 3.05) is 29.2 Å². The minimum atomic E-state index is 0.165. The number of hydrogen-bond donors (Lipinski definition) is 2. The second-order valence-electron chi connectivity index (χ2n) is 4.97. The van der Waals surface area contributed by atoms with Crippen LogP contribution in [0.5, 0.6) is 0 Å². The first-order valence-electron chi connectivity index (χ1n) is 6.93. The number of benzene rings is 1. The van der Waals surface area contributed by atoms with Crippen LogP contribution < -0.4 is 10.6 Å². The second-order valence-corrected chi connectivity index (χ2v) is 5.95. The maximum atomic E-state index is 11.6. The van der Waals surface area contributed by atoms with Gasteiger partial charge in [0.2, 0.25) is 5.91 Å². The van der Waals surface area contributed by atoms with Crippen molar-refractivity contribution in [1.82, 2.24) is 0 Å². The molecule has 0 spiro atoms. The Morgan fingerprint density at radius 3 is 2.53 bits per heavy atom. The standard InChI is InChI=1S/C15H22N2OS/c1-19-11-3-2-10-16-13-6-8-14(9-7-13)17-15(18)12-4-5-12/h6-9,12,16H,2-5,10-11H2,1H3,(H,17,18). The number of carbonyl (C=O) groups excluding carboxylic acids is 1. The molecule has 1 aromatic carbocycles. The lowest BCUT2D eigenvalue weighted by Crippen LogP contribution is -2.13. The molecule has 1 aromatic rings. The van der Waals surface area contributed by atoms with Gasteiger partial charge in [-0.05, 0) is 62.0 Å². The summed E-state index contributed by atoms with van der Waals surface area (Å²) < 4.78 is 0. The largest absolute Gasteiger partial charge is 0.385 e. The van der Waals surface area contributed by atoms with Crippen LogP contribution in [0, 0.1) is 5.92 Å². The van der Waals surface area contributed by atoms with Gasteiger partial charge in [-0.3, -0.25) is 4.79 Å². The SMILES string of the molecule is CSCCCCNc1ccc(NC(=O)C2CC2)cc1. The van der Waals surface area contributed by atoms with E-state index >= 15 is 0 Å². The van der Waals surface area contributed by atoms with Crippen molar-refractivity contribution in [3.8, 4) is 0 Å². The third-order valence-electron chi connectivity index (χ3n) is 3.20. The molecular weight excluding hydrogens is 256 g/mol. The molecular formula is C15H22N2OS. The Kier molecular flexibility index (Phi) is 5.58. The molecule has 3 nitrogen and oxygen atoms in total. The smallest absolute Gasteiger partial charge is 0.227 e. The zero-order chi connectivity index (χ0) is 13.5. The highest BCUT2D eigenvalue weighted by Gasteiger charge is 2.29. The van der Waals surface area contributed by atoms with Crippen LogP contribution in [0.15, 0.2) is 24.3 Å². The molecule has 1 fully saturated rings.